The summed E-state index contributed by atoms with van der Waals surface area (Å²) >= 11 is 0. The highest BCUT2D eigenvalue weighted by Crippen LogP contribution is 2.22. The third-order valence-corrected chi connectivity index (χ3v) is 3.87. The quantitative estimate of drug-likeness (QED) is 0.731. The van der Waals surface area contributed by atoms with E-state index in [0.717, 1.165) is 45.3 Å². The van der Waals surface area contributed by atoms with Gasteiger partial charge < -0.3 is 20.7 Å². The van der Waals surface area contributed by atoms with E-state index in [2.05, 4.69) is 12.2 Å². The van der Waals surface area contributed by atoms with Crippen LogP contribution in [-0.4, -0.2) is 55.2 Å². The van der Waals surface area contributed by atoms with Crippen molar-refractivity contribution in [2.45, 2.75) is 50.9 Å². The number of nitrogens with one attached hydrogen (secondary N) is 1. The van der Waals surface area contributed by atoms with E-state index in [1.165, 1.54) is 0 Å². The summed E-state index contributed by atoms with van der Waals surface area (Å²) in [5.41, 5.74) is 5.59. The fourth-order valence-electron chi connectivity index (χ4n) is 2.86. The van der Waals surface area contributed by atoms with Crippen molar-refractivity contribution < 1.29 is 9.53 Å². The second kappa shape index (κ2) is 6.50. The maximum absolute atomic E-state index is 12.5. The Morgan fingerprint density at radius 2 is 2.28 bits per heavy atom. The highest BCUT2D eigenvalue weighted by Gasteiger charge is 2.35. The molecule has 0 radical (unpaired) electrons. The van der Waals surface area contributed by atoms with Gasteiger partial charge in [-0.2, -0.15) is 0 Å². The minimum atomic E-state index is -0.259. The number of nitrogens with two attached hydrogens (primary N) is 1. The first kappa shape index (κ1) is 13.8. The zero-order valence-corrected chi connectivity index (χ0v) is 11.2. The number of carbonyl (C=O) groups is 1. The average molecular weight is 255 g/mol. The fraction of sp³-hybridized carbons (Fsp3) is 0.923. The summed E-state index contributed by atoms with van der Waals surface area (Å²) < 4.78 is 5.72. The van der Waals surface area contributed by atoms with E-state index in [9.17, 15) is 4.79 Å². The number of hydrogen-bond acceptors (Lipinski definition) is 4. The molecule has 104 valence electrons. The number of carbonyl (C=O) groups excluding carboxylic acids is 1. The molecule has 2 aliphatic rings. The van der Waals surface area contributed by atoms with Crippen LogP contribution in [0.2, 0.25) is 0 Å². The standard InChI is InChI=1S/C13H25N3O2/c1-2-7-16(10-5-6-15-9-10)13(17)12-4-3-11(8-14)18-12/h10-12,15H,2-9,14H2,1H3/t10?,11-,12+/m1/s1. The van der Waals surface area contributed by atoms with Crippen LogP contribution in [0.4, 0.5) is 0 Å². The van der Waals surface area contributed by atoms with Crippen LogP contribution < -0.4 is 11.1 Å². The summed E-state index contributed by atoms with van der Waals surface area (Å²) in [6, 6.07) is 0.345. The van der Waals surface area contributed by atoms with Gasteiger partial charge in [-0.3, -0.25) is 4.79 Å². The summed E-state index contributed by atoms with van der Waals surface area (Å²) in [6.45, 7) is 5.38. The van der Waals surface area contributed by atoms with Gasteiger partial charge >= 0.3 is 0 Å². The Morgan fingerprint density at radius 1 is 1.44 bits per heavy atom. The molecule has 2 aliphatic heterocycles. The molecule has 3 N–H and O–H groups in total. The molecule has 2 fully saturated rings. The molecule has 5 heteroatoms. The van der Waals surface area contributed by atoms with E-state index < -0.39 is 0 Å². The number of rotatable bonds is 5. The van der Waals surface area contributed by atoms with Crippen LogP contribution in [-0.2, 0) is 9.53 Å². The van der Waals surface area contributed by atoms with Crippen molar-refractivity contribution in [3.63, 3.8) is 0 Å². The number of nitrogens with zero attached hydrogens (tertiary/aromatic N) is 1. The molecule has 0 aliphatic carbocycles. The first-order valence-corrected chi connectivity index (χ1v) is 7.13. The molecular formula is C13H25N3O2. The predicted octanol–water partition coefficient (Wildman–Crippen LogP) is 0.0932. The highest BCUT2D eigenvalue weighted by molar-refractivity contribution is 5.81. The van der Waals surface area contributed by atoms with Crippen LogP contribution in [0.1, 0.15) is 32.6 Å². The molecular weight excluding hydrogens is 230 g/mol. The van der Waals surface area contributed by atoms with Gasteiger partial charge in [0.15, 0.2) is 0 Å². The Labute approximate surface area is 109 Å². The normalized spacial score (nSPS) is 31.8. The van der Waals surface area contributed by atoms with Crippen LogP contribution in [0.15, 0.2) is 0 Å². The van der Waals surface area contributed by atoms with E-state index >= 15 is 0 Å². The van der Waals surface area contributed by atoms with Crippen LogP contribution in [0, 0.1) is 0 Å². The second-order valence-corrected chi connectivity index (χ2v) is 5.24. The fourth-order valence-corrected chi connectivity index (χ4v) is 2.86. The molecule has 1 amide bonds. The first-order valence-electron chi connectivity index (χ1n) is 7.13. The molecule has 0 saturated carbocycles. The van der Waals surface area contributed by atoms with Crippen molar-refractivity contribution >= 4 is 5.91 Å². The Hall–Kier alpha value is -0.650. The predicted molar refractivity (Wildman–Crippen MR) is 70.2 cm³/mol. The average Bonchev–Trinajstić information content (AvgIpc) is 3.05. The van der Waals surface area contributed by atoms with Crippen LogP contribution in [0.3, 0.4) is 0 Å². The van der Waals surface area contributed by atoms with Gasteiger partial charge in [0, 0.05) is 25.7 Å². The van der Waals surface area contributed by atoms with Gasteiger partial charge in [0.1, 0.15) is 6.10 Å². The molecule has 18 heavy (non-hydrogen) atoms. The van der Waals surface area contributed by atoms with Crippen LogP contribution in [0.5, 0.6) is 0 Å². The molecule has 0 aromatic rings. The van der Waals surface area contributed by atoms with Gasteiger partial charge in [0.2, 0.25) is 0 Å². The molecule has 0 bridgehead atoms. The van der Waals surface area contributed by atoms with Crippen molar-refractivity contribution in [2.75, 3.05) is 26.2 Å². The van der Waals surface area contributed by atoms with Crippen molar-refractivity contribution in [1.82, 2.24) is 10.2 Å². The highest BCUT2D eigenvalue weighted by atomic mass is 16.5. The van der Waals surface area contributed by atoms with Gasteiger partial charge in [-0.1, -0.05) is 6.92 Å². The Morgan fingerprint density at radius 3 is 2.83 bits per heavy atom. The lowest BCUT2D eigenvalue weighted by Gasteiger charge is -2.30. The van der Waals surface area contributed by atoms with E-state index in [1.807, 2.05) is 4.90 Å². The third-order valence-electron chi connectivity index (χ3n) is 3.87. The molecule has 1 unspecified atom stereocenters. The molecule has 5 nitrogen and oxygen atoms in total. The zero-order valence-electron chi connectivity index (χ0n) is 11.2. The van der Waals surface area contributed by atoms with E-state index in [4.69, 9.17) is 10.5 Å². The lowest BCUT2D eigenvalue weighted by atomic mass is 10.1. The minimum Gasteiger partial charge on any atom is -0.364 e. The van der Waals surface area contributed by atoms with E-state index in [-0.39, 0.29) is 18.1 Å². The monoisotopic (exact) mass is 255 g/mol. The maximum atomic E-state index is 12.5. The smallest absolute Gasteiger partial charge is 0.252 e. The molecule has 2 rings (SSSR count). The molecule has 2 heterocycles. The molecule has 0 aromatic carbocycles. The molecule has 0 aromatic heterocycles. The van der Waals surface area contributed by atoms with Gasteiger partial charge in [0.25, 0.3) is 5.91 Å². The lowest BCUT2D eigenvalue weighted by molar-refractivity contribution is -0.144. The Kier molecular flexibility index (Phi) is 4.97. The van der Waals surface area contributed by atoms with Gasteiger partial charge in [-0.05, 0) is 32.2 Å². The lowest BCUT2D eigenvalue weighted by Crippen LogP contribution is -2.47. The summed E-state index contributed by atoms with van der Waals surface area (Å²) in [5, 5.41) is 3.32. The van der Waals surface area contributed by atoms with Gasteiger partial charge in [0.05, 0.1) is 6.10 Å². The molecule has 2 saturated heterocycles. The summed E-state index contributed by atoms with van der Waals surface area (Å²) in [6.07, 6.45) is 3.60. The molecule has 0 spiro atoms. The molecule has 3 atom stereocenters. The van der Waals surface area contributed by atoms with Crippen molar-refractivity contribution in [3.8, 4) is 0 Å². The minimum absolute atomic E-state index is 0.0733. The topological polar surface area (TPSA) is 67.6 Å². The number of amides is 1. The summed E-state index contributed by atoms with van der Waals surface area (Å²) in [7, 11) is 0. The van der Waals surface area contributed by atoms with E-state index in [0.29, 0.717) is 12.6 Å². The van der Waals surface area contributed by atoms with Gasteiger partial charge in [-0.25, -0.2) is 0 Å². The zero-order chi connectivity index (χ0) is 13.0. The summed E-state index contributed by atoms with van der Waals surface area (Å²) in [5.74, 6) is 0.168. The Balaban J connectivity index is 1.95. The largest absolute Gasteiger partial charge is 0.364 e. The van der Waals surface area contributed by atoms with Gasteiger partial charge in [-0.15, -0.1) is 0 Å². The van der Waals surface area contributed by atoms with Crippen LogP contribution >= 0.6 is 0 Å². The second-order valence-electron chi connectivity index (χ2n) is 5.24. The van der Waals surface area contributed by atoms with E-state index in [1.54, 1.807) is 0 Å². The Bertz CT molecular complexity index is 279. The number of ether oxygens (including phenoxy) is 1. The summed E-state index contributed by atoms with van der Waals surface area (Å²) in [4.78, 5) is 14.5. The van der Waals surface area contributed by atoms with Crippen molar-refractivity contribution in [1.29, 1.82) is 0 Å². The first-order chi connectivity index (χ1) is 8.76. The number of hydrogen-bond donors (Lipinski definition) is 2. The van der Waals surface area contributed by atoms with Crippen LogP contribution in [0.25, 0.3) is 0 Å². The SMILES string of the molecule is CCCN(C(=O)[C@@H]1CC[C@H](CN)O1)C1CCNC1. The van der Waals surface area contributed by atoms with Crippen molar-refractivity contribution in [3.05, 3.63) is 0 Å². The van der Waals surface area contributed by atoms with Crippen molar-refractivity contribution in [2.24, 2.45) is 5.73 Å². The maximum Gasteiger partial charge on any atom is 0.252 e. The third kappa shape index (κ3) is 3.02.